The van der Waals surface area contributed by atoms with E-state index in [2.05, 4.69) is 34.0 Å². The average Bonchev–Trinajstić information content (AvgIpc) is 3.15. The van der Waals surface area contributed by atoms with E-state index in [1.807, 2.05) is 13.0 Å². The third-order valence-electron chi connectivity index (χ3n) is 3.49. The van der Waals surface area contributed by atoms with E-state index in [0.29, 0.717) is 13.2 Å². The fraction of sp³-hybridized carbons (Fsp3) is 0.688. The zero-order valence-corrected chi connectivity index (χ0v) is 17.0. The third-order valence-corrected chi connectivity index (χ3v) is 4.54. The highest BCUT2D eigenvalue weighted by molar-refractivity contribution is 14.0. The average molecular weight is 453 g/mol. The molecule has 7 heteroatoms. The zero-order valence-electron chi connectivity index (χ0n) is 13.8. The highest BCUT2D eigenvalue weighted by Gasteiger charge is 2.21. The van der Waals surface area contributed by atoms with Crippen molar-refractivity contribution >= 4 is 41.3 Å². The number of aliphatic hydroxyl groups excluding tert-OH is 1. The van der Waals surface area contributed by atoms with Crippen molar-refractivity contribution in [2.45, 2.75) is 38.8 Å². The van der Waals surface area contributed by atoms with Crippen LogP contribution in [-0.2, 0) is 4.74 Å². The minimum absolute atomic E-state index is 0. The molecule has 1 saturated carbocycles. The molecule has 0 aromatic carbocycles. The molecule has 2 unspecified atom stereocenters. The van der Waals surface area contributed by atoms with E-state index in [-0.39, 0.29) is 30.0 Å². The largest absolute Gasteiger partial charge is 0.389 e. The number of rotatable bonds is 9. The molecule has 23 heavy (non-hydrogen) atoms. The fourth-order valence-electron chi connectivity index (χ4n) is 2.04. The number of aliphatic hydroxyl groups is 1. The number of ether oxygens (including phenoxy) is 1. The van der Waals surface area contributed by atoms with Crippen molar-refractivity contribution in [3.05, 3.63) is 22.4 Å². The number of thiophene rings is 1. The number of hydrogen-bond donors (Lipinski definition) is 3. The molecule has 0 amide bonds. The molecule has 0 spiro atoms. The van der Waals surface area contributed by atoms with Gasteiger partial charge >= 0.3 is 0 Å². The van der Waals surface area contributed by atoms with Crippen molar-refractivity contribution in [1.82, 2.24) is 10.6 Å². The topological polar surface area (TPSA) is 65.9 Å². The van der Waals surface area contributed by atoms with E-state index >= 15 is 0 Å². The van der Waals surface area contributed by atoms with E-state index < -0.39 is 6.10 Å². The van der Waals surface area contributed by atoms with Crippen molar-refractivity contribution < 1.29 is 9.84 Å². The molecule has 1 aliphatic carbocycles. The second-order valence-corrected chi connectivity index (χ2v) is 6.71. The Balaban J connectivity index is 0.00000264. The van der Waals surface area contributed by atoms with Gasteiger partial charge in [0.05, 0.1) is 25.3 Å². The van der Waals surface area contributed by atoms with Gasteiger partial charge in [0, 0.05) is 18.0 Å². The summed E-state index contributed by atoms with van der Waals surface area (Å²) in [6, 6.07) is 4.34. The quantitative estimate of drug-likeness (QED) is 0.306. The van der Waals surface area contributed by atoms with Crippen LogP contribution in [0.15, 0.2) is 22.5 Å². The van der Waals surface area contributed by atoms with Gasteiger partial charge < -0.3 is 20.5 Å². The van der Waals surface area contributed by atoms with Crippen LogP contribution in [0.3, 0.4) is 0 Å². The van der Waals surface area contributed by atoms with Crippen LogP contribution in [0, 0.1) is 5.92 Å². The maximum Gasteiger partial charge on any atom is 0.191 e. The monoisotopic (exact) mass is 453 g/mol. The Morgan fingerprint density at radius 2 is 2.30 bits per heavy atom. The molecular formula is C16H28IN3O2S. The number of halogens is 1. The Kier molecular flexibility index (Phi) is 10.1. The lowest BCUT2D eigenvalue weighted by Crippen LogP contribution is -2.39. The molecule has 0 aliphatic heterocycles. The molecule has 0 radical (unpaired) electrons. The maximum atomic E-state index is 9.93. The number of hydrogen-bond acceptors (Lipinski definition) is 4. The molecule has 3 N–H and O–H groups in total. The van der Waals surface area contributed by atoms with Crippen molar-refractivity contribution in [2.75, 3.05) is 26.3 Å². The van der Waals surface area contributed by atoms with Gasteiger partial charge in [-0.3, -0.25) is 4.99 Å². The summed E-state index contributed by atoms with van der Waals surface area (Å²) < 4.78 is 5.49. The Morgan fingerprint density at radius 3 is 2.91 bits per heavy atom. The zero-order chi connectivity index (χ0) is 15.8. The summed E-state index contributed by atoms with van der Waals surface area (Å²) in [5, 5.41) is 18.6. The van der Waals surface area contributed by atoms with Gasteiger partial charge in [0.1, 0.15) is 0 Å². The molecule has 0 bridgehead atoms. The van der Waals surface area contributed by atoms with Crippen molar-refractivity contribution in [2.24, 2.45) is 10.9 Å². The summed E-state index contributed by atoms with van der Waals surface area (Å²) >= 11 is 1.72. The smallest absolute Gasteiger partial charge is 0.191 e. The normalized spacial score (nSPS) is 17.3. The fourth-order valence-corrected chi connectivity index (χ4v) is 2.77. The van der Waals surface area contributed by atoms with Gasteiger partial charge in [-0.2, -0.15) is 0 Å². The van der Waals surface area contributed by atoms with Gasteiger partial charge in [0.25, 0.3) is 0 Å². The first-order valence-corrected chi connectivity index (χ1v) is 8.91. The molecule has 2 atom stereocenters. The SMILES string of the molecule is CCNC(=NCC(O)COCC1CC1)NC(C)c1cccs1.I. The maximum absolute atomic E-state index is 9.93. The van der Waals surface area contributed by atoms with Gasteiger partial charge in [-0.25, -0.2) is 0 Å². The lowest BCUT2D eigenvalue weighted by molar-refractivity contribution is 0.0368. The van der Waals surface area contributed by atoms with E-state index in [4.69, 9.17) is 4.74 Å². The van der Waals surface area contributed by atoms with Crippen LogP contribution < -0.4 is 10.6 Å². The highest BCUT2D eigenvalue weighted by Crippen LogP contribution is 2.28. The lowest BCUT2D eigenvalue weighted by atomic mass is 10.3. The second kappa shape index (κ2) is 11.2. The van der Waals surface area contributed by atoms with E-state index in [1.165, 1.54) is 17.7 Å². The predicted molar refractivity (Wildman–Crippen MR) is 107 cm³/mol. The van der Waals surface area contributed by atoms with E-state index in [9.17, 15) is 5.11 Å². The van der Waals surface area contributed by atoms with Crippen LogP contribution in [-0.4, -0.2) is 43.5 Å². The highest BCUT2D eigenvalue weighted by atomic mass is 127. The van der Waals surface area contributed by atoms with Crippen LogP contribution in [0.1, 0.15) is 37.6 Å². The summed E-state index contributed by atoms with van der Waals surface area (Å²) in [4.78, 5) is 5.71. The molecule has 1 heterocycles. The third kappa shape index (κ3) is 8.32. The van der Waals surface area contributed by atoms with Crippen molar-refractivity contribution in [3.8, 4) is 0 Å². The number of nitrogens with one attached hydrogen (secondary N) is 2. The number of nitrogens with zero attached hydrogens (tertiary/aromatic N) is 1. The molecule has 0 saturated heterocycles. The summed E-state index contributed by atoms with van der Waals surface area (Å²) in [7, 11) is 0. The van der Waals surface area contributed by atoms with Gasteiger partial charge in [-0.1, -0.05) is 6.07 Å². The lowest BCUT2D eigenvalue weighted by Gasteiger charge is -2.17. The molecule has 1 aromatic heterocycles. The number of aliphatic imine (C=N–C) groups is 1. The van der Waals surface area contributed by atoms with Gasteiger partial charge in [-0.15, -0.1) is 35.3 Å². The van der Waals surface area contributed by atoms with Crippen LogP contribution in [0.4, 0.5) is 0 Å². The molecule has 1 aromatic rings. The molecule has 2 rings (SSSR count). The first-order chi connectivity index (χ1) is 10.7. The Hall–Kier alpha value is -0.380. The van der Waals surface area contributed by atoms with Crippen molar-refractivity contribution in [3.63, 3.8) is 0 Å². The summed E-state index contributed by atoms with van der Waals surface area (Å²) in [6.07, 6.45) is 1.98. The van der Waals surface area contributed by atoms with Crippen LogP contribution in [0.25, 0.3) is 0 Å². The van der Waals surface area contributed by atoms with Crippen LogP contribution >= 0.6 is 35.3 Å². The Bertz CT molecular complexity index is 452. The first kappa shape index (κ1) is 20.7. The summed E-state index contributed by atoms with van der Waals surface area (Å²) in [5.41, 5.74) is 0. The number of guanidine groups is 1. The Morgan fingerprint density at radius 1 is 1.52 bits per heavy atom. The minimum Gasteiger partial charge on any atom is -0.389 e. The molecule has 1 aliphatic rings. The molecule has 132 valence electrons. The Labute approximate surface area is 159 Å². The summed E-state index contributed by atoms with van der Waals surface area (Å²) in [5.74, 6) is 1.45. The van der Waals surface area contributed by atoms with E-state index in [0.717, 1.165) is 25.0 Å². The first-order valence-electron chi connectivity index (χ1n) is 8.03. The van der Waals surface area contributed by atoms with Crippen LogP contribution in [0.5, 0.6) is 0 Å². The van der Waals surface area contributed by atoms with Crippen LogP contribution in [0.2, 0.25) is 0 Å². The van der Waals surface area contributed by atoms with Gasteiger partial charge in [0.2, 0.25) is 0 Å². The molecule has 1 fully saturated rings. The minimum atomic E-state index is -0.550. The van der Waals surface area contributed by atoms with E-state index in [1.54, 1.807) is 11.3 Å². The second-order valence-electron chi connectivity index (χ2n) is 5.74. The predicted octanol–water partition coefficient (Wildman–Crippen LogP) is 2.77. The van der Waals surface area contributed by atoms with Crippen molar-refractivity contribution in [1.29, 1.82) is 0 Å². The van der Waals surface area contributed by atoms with Gasteiger partial charge in [0.15, 0.2) is 5.96 Å². The molecule has 5 nitrogen and oxygen atoms in total. The molecular weight excluding hydrogens is 425 g/mol. The summed E-state index contributed by atoms with van der Waals surface area (Å²) in [6.45, 7) is 6.40. The standard InChI is InChI=1S/C16H27N3O2S.HI/c1-3-17-16(19-12(2)15-5-4-8-22-15)18-9-14(20)11-21-10-13-6-7-13;/h4-5,8,12-14,20H,3,6-7,9-11H2,1-2H3,(H2,17,18,19);1H. The van der Waals surface area contributed by atoms with Gasteiger partial charge in [-0.05, 0) is 44.1 Å².